The molecule has 0 unspecified atom stereocenters. The molecule has 0 aliphatic carbocycles. The SMILES string of the molecule is COc1c(C(=O)Nc2cccc(S(=O)(=O)O)c2)ccc(N)c1N. The average Bonchev–Trinajstić information content (AvgIpc) is 2.49. The molecule has 0 aliphatic heterocycles. The molecule has 0 fully saturated rings. The number of amides is 1. The number of hydrogen-bond acceptors (Lipinski definition) is 6. The number of ether oxygens (including phenoxy) is 1. The first-order valence-corrected chi connectivity index (χ1v) is 7.79. The molecule has 0 aromatic heterocycles. The molecule has 2 rings (SSSR count). The summed E-state index contributed by atoms with van der Waals surface area (Å²) in [6, 6.07) is 8.08. The maximum absolute atomic E-state index is 12.3. The minimum Gasteiger partial charge on any atom is -0.494 e. The van der Waals surface area contributed by atoms with Crippen LogP contribution < -0.4 is 21.5 Å². The quantitative estimate of drug-likeness (QED) is 0.487. The Morgan fingerprint density at radius 1 is 1.22 bits per heavy atom. The molecule has 9 heteroatoms. The highest BCUT2D eigenvalue weighted by Gasteiger charge is 2.17. The van der Waals surface area contributed by atoms with E-state index in [1.54, 1.807) is 0 Å². The van der Waals surface area contributed by atoms with Crippen LogP contribution in [0, 0.1) is 0 Å². The highest BCUT2D eigenvalue weighted by atomic mass is 32.2. The number of anilines is 3. The van der Waals surface area contributed by atoms with E-state index >= 15 is 0 Å². The van der Waals surface area contributed by atoms with Crippen LogP contribution in [0.25, 0.3) is 0 Å². The number of rotatable bonds is 4. The maximum atomic E-state index is 12.3. The van der Waals surface area contributed by atoms with Crippen LogP contribution in [0.5, 0.6) is 5.75 Å². The summed E-state index contributed by atoms with van der Waals surface area (Å²) in [6.07, 6.45) is 0. The lowest BCUT2D eigenvalue weighted by Gasteiger charge is -2.13. The Bertz CT molecular complexity index is 865. The van der Waals surface area contributed by atoms with E-state index in [0.717, 1.165) is 6.07 Å². The van der Waals surface area contributed by atoms with Gasteiger partial charge in [-0.15, -0.1) is 0 Å². The van der Waals surface area contributed by atoms with Gasteiger partial charge < -0.3 is 21.5 Å². The van der Waals surface area contributed by atoms with Crippen LogP contribution in [0.1, 0.15) is 10.4 Å². The van der Waals surface area contributed by atoms with E-state index in [1.807, 2.05) is 0 Å². The summed E-state index contributed by atoms with van der Waals surface area (Å²) in [5, 5.41) is 2.50. The lowest BCUT2D eigenvalue weighted by Crippen LogP contribution is -2.15. The van der Waals surface area contributed by atoms with E-state index in [0.29, 0.717) is 0 Å². The molecule has 0 saturated heterocycles. The Balaban J connectivity index is 2.36. The van der Waals surface area contributed by atoms with Crippen molar-refractivity contribution in [1.29, 1.82) is 0 Å². The number of nitrogen functional groups attached to an aromatic ring is 2. The number of hydrogen-bond donors (Lipinski definition) is 4. The minimum atomic E-state index is -4.36. The lowest BCUT2D eigenvalue weighted by molar-refractivity contribution is 0.102. The number of benzene rings is 2. The first kappa shape index (κ1) is 16.6. The third-order valence-corrected chi connectivity index (χ3v) is 3.92. The maximum Gasteiger partial charge on any atom is 0.294 e. The van der Waals surface area contributed by atoms with Crippen LogP contribution >= 0.6 is 0 Å². The molecule has 23 heavy (non-hydrogen) atoms. The largest absolute Gasteiger partial charge is 0.494 e. The fourth-order valence-corrected chi connectivity index (χ4v) is 2.47. The van der Waals surface area contributed by atoms with Crippen molar-refractivity contribution in [3.63, 3.8) is 0 Å². The molecule has 2 aromatic rings. The van der Waals surface area contributed by atoms with Gasteiger partial charge in [0.05, 0.1) is 28.9 Å². The molecule has 8 nitrogen and oxygen atoms in total. The molecule has 0 heterocycles. The standard InChI is InChI=1S/C14H15N3O5S/c1-22-13-10(5-6-11(15)12(13)16)14(18)17-8-3-2-4-9(7-8)23(19,20)21/h2-7H,15-16H2,1H3,(H,17,18)(H,19,20,21). The fraction of sp³-hybridized carbons (Fsp3) is 0.0714. The van der Waals surface area contributed by atoms with Crippen molar-refractivity contribution < 1.29 is 22.5 Å². The summed E-state index contributed by atoms with van der Waals surface area (Å²) in [4.78, 5) is 12.0. The highest BCUT2D eigenvalue weighted by molar-refractivity contribution is 7.85. The molecule has 6 N–H and O–H groups in total. The second-order valence-electron chi connectivity index (χ2n) is 4.61. The summed E-state index contributed by atoms with van der Waals surface area (Å²) in [5.74, 6) is -0.450. The average molecular weight is 337 g/mol. The van der Waals surface area contributed by atoms with Gasteiger partial charge in [0.2, 0.25) is 0 Å². The van der Waals surface area contributed by atoms with E-state index in [-0.39, 0.29) is 33.3 Å². The predicted molar refractivity (Wildman–Crippen MR) is 86.0 cm³/mol. The number of nitrogens with two attached hydrogens (primary N) is 2. The van der Waals surface area contributed by atoms with Gasteiger partial charge in [0, 0.05) is 5.69 Å². The smallest absolute Gasteiger partial charge is 0.294 e. The molecule has 0 saturated carbocycles. The number of methoxy groups -OCH3 is 1. The molecule has 0 aliphatic rings. The number of carbonyl (C=O) groups excluding carboxylic acids is 1. The van der Waals surface area contributed by atoms with Gasteiger partial charge in [-0.25, -0.2) is 0 Å². The summed E-state index contributed by atoms with van der Waals surface area (Å²) >= 11 is 0. The monoisotopic (exact) mass is 337 g/mol. The van der Waals surface area contributed by atoms with Crippen LogP contribution in [-0.4, -0.2) is 26.0 Å². The third kappa shape index (κ3) is 3.52. The Kier molecular flexibility index (Phi) is 4.43. The first-order valence-electron chi connectivity index (χ1n) is 6.35. The zero-order valence-electron chi connectivity index (χ0n) is 12.1. The third-order valence-electron chi connectivity index (χ3n) is 3.07. The minimum absolute atomic E-state index is 0.119. The van der Waals surface area contributed by atoms with Crippen LogP contribution in [0.2, 0.25) is 0 Å². The second-order valence-corrected chi connectivity index (χ2v) is 6.03. The van der Waals surface area contributed by atoms with Gasteiger partial charge in [0.25, 0.3) is 16.0 Å². The molecule has 0 bridgehead atoms. The molecular formula is C14H15N3O5S. The van der Waals surface area contributed by atoms with Crippen molar-refractivity contribution in [2.75, 3.05) is 23.9 Å². The molecule has 0 radical (unpaired) electrons. The number of carbonyl (C=O) groups is 1. The first-order chi connectivity index (χ1) is 10.7. The molecule has 122 valence electrons. The summed E-state index contributed by atoms with van der Waals surface area (Å²) in [7, 11) is -3.02. The van der Waals surface area contributed by atoms with Crippen molar-refractivity contribution in [1.82, 2.24) is 0 Å². The van der Waals surface area contributed by atoms with Gasteiger partial charge in [-0.3, -0.25) is 9.35 Å². The summed E-state index contributed by atoms with van der Waals surface area (Å²) in [6.45, 7) is 0. The molecule has 1 amide bonds. The van der Waals surface area contributed by atoms with Crippen molar-refractivity contribution in [2.24, 2.45) is 0 Å². The van der Waals surface area contributed by atoms with Crippen LogP contribution in [0.15, 0.2) is 41.3 Å². The van der Waals surface area contributed by atoms with Crippen LogP contribution in [0.3, 0.4) is 0 Å². The van der Waals surface area contributed by atoms with Gasteiger partial charge in [-0.05, 0) is 30.3 Å². The Labute approximate surface area is 132 Å². The Hall–Kier alpha value is -2.78. The number of nitrogens with one attached hydrogen (secondary N) is 1. The van der Waals surface area contributed by atoms with Crippen molar-refractivity contribution in [2.45, 2.75) is 4.90 Å². The predicted octanol–water partition coefficient (Wildman–Crippen LogP) is 1.36. The molecule has 2 aromatic carbocycles. The Morgan fingerprint density at radius 3 is 2.52 bits per heavy atom. The fourth-order valence-electron chi connectivity index (χ4n) is 1.95. The highest BCUT2D eigenvalue weighted by Crippen LogP contribution is 2.32. The van der Waals surface area contributed by atoms with E-state index in [2.05, 4.69) is 5.32 Å². The van der Waals surface area contributed by atoms with Crippen molar-refractivity contribution in [3.8, 4) is 5.75 Å². The van der Waals surface area contributed by atoms with Crippen molar-refractivity contribution in [3.05, 3.63) is 42.0 Å². The van der Waals surface area contributed by atoms with Gasteiger partial charge in [0.1, 0.15) is 0 Å². The van der Waals surface area contributed by atoms with Gasteiger partial charge in [0.15, 0.2) is 5.75 Å². The normalized spacial score (nSPS) is 11.0. The summed E-state index contributed by atoms with van der Waals surface area (Å²) < 4.78 is 36.3. The topological polar surface area (TPSA) is 145 Å². The molecule has 0 spiro atoms. The molecular weight excluding hydrogens is 322 g/mol. The van der Waals surface area contributed by atoms with E-state index in [9.17, 15) is 13.2 Å². The van der Waals surface area contributed by atoms with E-state index < -0.39 is 16.0 Å². The van der Waals surface area contributed by atoms with Gasteiger partial charge >= 0.3 is 0 Å². The zero-order valence-corrected chi connectivity index (χ0v) is 12.9. The van der Waals surface area contributed by atoms with Crippen molar-refractivity contribution >= 4 is 33.1 Å². The Morgan fingerprint density at radius 2 is 1.91 bits per heavy atom. The van der Waals surface area contributed by atoms with Crippen LogP contribution in [-0.2, 0) is 10.1 Å². The molecule has 0 atom stereocenters. The van der Waals surface area contributed by atoms with Crippen LogP contribution in [0.4, 0.5) is 17.1 Å². The van der Waals surface area contributed by atoms with E-state index in [1.165, 1.54) is 37.4 Å². The van der Waals surface area contributed by atoms with Gasteiger partial charge in [-0.2, -0.15) is 8.42 Å². The van der Waals surface area contributed by atoms with E-state index in [4.69, 9.17) is 20.8 Å². The zero-order chi connectivity index (χ0) is 17.2. The van der Waals surface area contributed by atoms with Gasteiger partial charge in [-0.1, -0.05) is 6.07 Å². The second kappa shape index (κ2) is 6.15. The lowest BCUT2D eigenvalue weighted by atomic mass is 10.1. The summed E-state index contributed by atoms with van der Waals surface area (Å²) in [5.41, 5.74) is 12.1.